The number of aromatic amines is 1. The van der Waals surface area contributed by atoms with Crippen LogP contribution < -0.4 is 10.1 Å². The highest BCUT2D eigenvalue weighted by Gasteiger charge is 2.10. The first kappa shape index (κ1) is 10.2. The lowest BCUT2D eigenvalue weighted by atomic mass is 10.3. The van der Waals surface area contributed by atoms with Crippen LogP contribution in [-0.4, -0.2) is 28.2 Å². The predicted octanol–water partition coefficient (Wildman–Crippen LogP) is 1.07. The summed E-state index contributed by atoms with van der Waals surface area (Å²) in [6.07, 6.45) is 4.54. The second-order valence-electron chi connectivity index (χ2n) is 3.00. The van der Waals surface area contributed by atoms with Crippen molar-refractivity contribution >= 4 is 11.6 Å². The number of anilines is 1. The number of amides is 1. The zero-order valence-electron chi connectivity index (χ0n) is 8.60. The summed E-state index contributed by atoms with van der Waals surface area (Å²) in [6.45, 7) is 0. The van der Waals surface area contributed by atoms with Crippen molar-refractivity contribution in [1.29, 1.82) is 0 Å². The van der Waals surface area contributed by atoms with Gasteiger partial charge in [0.2, 0.25) is 5.88 Å². The average Bonchev–Trinajstić information content (AvgIpc) is 2.83. The van der Waals surface area contributed by atoms with E-state index >= 15 is 0 Å². The molecule has 0 unspecified atom stereocenters. The van der Waals surface area contributed by atoms with Crippen molar-refractivity contribution in [3.63, 3.8) is 0 Å². The molecule has 16 heavy (non-hydrogen) atoms. The van der Waals surface area contributed by atoms with Crippen LogP contribution in [0.5, 0.6) is 5.88 Å². The molecule has 0 fully saturated rings. The molecular formula is C10H10N4O2. The summed E-state index contributed by atoms with van der Waals surface area (Å²) in [6, 6.07) is 3.43. The average molecular weight is 218 g/mol. The Balaban J connectivity index is 2.18. The smallest absolute Gasteiger partial charge is 0.258 e. The third-order valence-electron chi connectivity index (χ3n) is 1.97. The molecule has 0 aromatic carbocycles. The fourth-order valence-electron chi connectivity index (χ4n) is 1.22. The topological polar surface area (TPSA) is 79.9 Å². The Bertz CT molecular complexity index is 481. The van der Waals surface area contributed by atoms with Crippen molar-refractivity contribution in [3.8, 4) is 5.88 Å². The van der Waals surface area contributed by atoms with Crippen LogP contribution in [0.3, 0.4) is 0 Å². The predicted molar refractivity (Wildman–Crippen MR) is 57.3 cm³/mol. The standard InChI is InChI=1S/C10H10N4O2/c1-16-10-8(3-2-4-11-10)14-9(15)7-5-12-13-6-7/h2-6H,1H3,(H,12,13)(H,14,15). The lowest BCUT2D eigenvalue weighted by Crippen LogP contribution is -2.12. The van der Waals surface area contributed by atoms with E-state index in [1.54, 1.807) is 18.3 Å². The largest absolute Gasteiger partial charge is 0.480 e. The maximum atomic E-state index is 11.7. The summed E-state index contributed by atoms with van der Waals surface area (Å²) in [5.41, 5.74) is 0.974. The van der Waals surface area contributed by atoms with Gasteiger partial charge in [0.15, 0.2) is 0 Å². The number of carbonyl (C=O) groups is 1. The number of rotatable bonds is 3. The number of hydrogen-bond acceptors (Lipinski definition) is 4. The molecule has 0 aliphatic carbocycles. The Hall–Kier alpha value is -2.37. The third kappa shape index (κ3) is 2.00. The number of hydrogen-bond donors (Lipinski definition) is 2. The van der Waals surface area contributed by atoms with Crippen molar-refractivity contribution in [1.82, 2.24) is 15.2 Å². The second kappa shape index (κ2) is 4.43. The maximum Gasteiger partial charge on any atom is 0.258 e. The van der Waals surface area contributed by atoms with Gasteiger partial charge in [-0.05, 0) is 12.1 Å². The molecule has 1 amide bonds. The minimum atomic E-state index is -0.264. The van der Waals surface area contributed by atoms with Gasteiger partial charge in [0.25, 0.3) is 5.91 Å². The van der Waals surface area contributed by atoms with Gasteiger partial charge < -0.3 is 10.1 Å². The van der Waals surface area contributed by atoms with E-state index in [2.05, 4.69) is 20.5 Å². The zero-order chi connectivity index (χ0) is 11.4. The van der Waals surface area contributed by atoms with E-state index in [-0.39, 0.29) is 5.91 Å². The Kier molecular flexibility index (Phi) is 2.81. The highest BCUT2D eigenvalue weighted by Crippen LogP contribution is 2.20. The molecule has 0 saturated heterocycles. The zero-order valence-corrected chi connectivity index (χ0v) is 8.60. The van der Waals surface area contributed by atoms with Crippen molar-refractivity contribution in [3.05, 3.63) is 36.3 Å². The number of pyridine rings is 1. The molecule has 0 radical (unpaired) electrons. The molecule has 0 spiro atoms. The fraction of sp³-hybridized carbons (Fsp3) is 0.100. The number of nitrogens with one attached hydrogen (secondary N) is 2. The Morgan fingerprint density at radius 1 is 1.56 bits per heavy atom. The van der Waals surface area contributed by atoms with Crippen LogP contribution in [0.1, 0.15) is 10.4 Å². The van der Waals surface area contributed by atoms with E-state index in [0.717, 1.165) is 0 Å². The number of H-pyrrole nitrogens is 1. The van der Waals surface area contributed by atoms with Gasteiger partial charge in [-0.15, -0.1) is 0 Å². The molecule has 2 heterocycles. The lowest BCUT2D eigenvalue weighted by molar-refractivity contribution is 0.102. The molecule has 6 nitrogen and oxygen atoms in total. The Labute approximate surface area is 91.7 Å². The van der Waals surface area contributed by atoms with Gasteiger partial charge >= 0.3 is 0 Å². The first-order chi connectivity index (χ1) is 7.81. The van der Waals surface area contributed by atoms with Gasteiger partial charge in [0, 0.05) is 12.4 Å². The molecule has 0 aliphatic heterocycles. The molecule has 2 aromatic rings. The van der Waals surface area contributed by atoms with Crippen molar-refractivity contribution in [2.45, 2.75) is 0 Å². The van der Waals surface area contributed by atoms with E-state index in [4.69, 9.17) is 4.74 Å². The second-order valence-corrected chi connectivity index (χ2v) is 3.00. The van der Waals surface area contributed by atoms with Crippen molar-refractivity contribution < 1.29 is 9.53 Å². The van der Waals surface area contributed by atoms with E-state index in [0.29, 0.717) is 17.1 Å². The molecule has 0 aliphatic rings. The van der Waals surface area contributed by atoms with Crippen LogP contribution in [0.25, 0.3) is 0 Å². The van der Waals surface area contributed by atoms with Crippen LogP contribution in [0.2, 0.25) is 0 Å². The summed E-state index contributed by atoms with van der Waals surface area (Å²) >= 11 is 0. The summed E-state index contributed by atoms with van der Waals surface area (Å²) in [7, 11) is 1.50. The van der Waals surface area contributed by atoms with Crippen LogP contribution in [0.15, 0.2) is 30.7 Å². The summed E-state index contributed by atoms with van der Waals surface area (Å²) in [5.74, 6) is 0.111. The van der Waals surface area contributed by atoms with Crippen LogP contribution in [0.4, 0.5) is 5.69 Å². The molecule has 2 aromatic heterocycles. The number of carbonyl (C=O) groups excluding carboxylic acids is 1. The SMILES string of the molecule is COc1ncccc1NC(=O)c1cn[nH]c1. The monoisotopic (exact) mass is 218 g/mol. The molecule has 2 N–H and O–H groups in total. The van der Waals surface area contributed by atoms with Crippen LogP contribution in [0, 0.1) is 0 Å². The van der Waals surface area contributed by atoms with E-state index in [9.17, 15) is 4.79 Å². The quantitative estimate of drug-likeness (QED) is 0.807. The molecule has 82 valence electrons. The first-order valence-electron chi connectivity index (χ1n) is 4.60. The minimum Gasteiger partial charge on any atom is -0.480 e. The molecule has 2 rings (SSSR count). The van der Waals surface area contributed by atoms with Gasteiger partial charge in [-0.1, -0.05) is 0 Å². The van der Waals surface area contributed by atoms with Gasteiger partial charge in [0.1, 0.15) is 5.69 Å². The number of nitrogens with zero attached hydrogens (tertiary/aromatic N) is 2. The molecule has 0 saturated carbocycles. The van der Waals surface area contributed by atoms with Gasteiger partial charge in [-0.3, -0.25) is 9.89 Å². The summed E-state index contributed by atoms with van der Waals surface area (Å²) in [4.78, 5) is 15.7. The summed E-state index contributed by atoms with van der Waals surface area (Å²) in [5, 5.41) is 8.94. The molecule has 6 heteroatoms. The maximum absolute atomic E-state index is 11.7. The number of ether oxygens (including phenoxy) is 1. The molecule has 0 atom stereocenters. The fourth-order valence-corrected chi connectivity index (χ4v) is 1.22. The number of methoxy groups -OCH3 is 1. The van der Waals surface area contributed by atoms with Gasteiger partial charge in [-0.2, -0.15) is 5.10 Å². The van der Waals surface area contributed by atoms with Crippen LogP contribution >= 0.6 is 0 Å². The van der Waals surface area contributed by atoms with Gasteiger partial charge in [0.05, 0.1) is 18.9 Å². The molecular weight excluding hydrogens is 208 g/mol. The minimum absolute atomic E-state index is 0.264. The summed E-state index contributed by atoms with van der Waals surface area (Å²) < 4.78 is 5.01. The lowest BCUT2D eigenvalue weighted by Gasteiger charge is -2.07. The van der Waals surface area contributed by atoms with Crippen LogP contribution in [-0.2, 0) is 0 Å². The highest BCUT2D eigenvalue weighted by atomic mass is 16.5. The highest BCUT2D eigenvalue weighted by molar-refractivity contribution is 6.04. The van der Waals surface area contributed by atoms with E-state index < -0.39 is 0 Å². The number of aromatic nitrogens is 3. The van der Waals surface area contributed by atoms with Crippen molar-refractivity contribution in [2.75, 3.05) is 12.4 Å². The van der Waals surface area contributed by atoms with Gasteiger partial charge in [-0.25, -0.2) is 4.98 Å². The normalized spacial score (nSPS) is 9.81. The van der Waals surface area contributed by atoms with Crippen molar-refractivity contribution in [2.24, 2.45) is 0 Å². The third-order valence-corrected chi connectivity index (χ3v) is 1.97. The van der Waals surface area contributed by atoms with E-state index in [1.165, 1.54) is 19.5 Å². The van der Waals surface area contributed by atoms with E-state index in [1.807, 2.05) is 0 Å². The Morgan fingerprint density at radius 3 is 3.12 bits per heavy atom. The first-order valence-corrected chi connectivity index (χ1v) is 4.60. The molecule has 0 bridgehead atoms. The Morgan fingerprint density at radius 2 is 2.44 bits per heavy atom.